The first-order valence-corrected chi connectivity index (χ1v) is 10.1. The van der Waals surface area contributed by atoms with Crippen LogP contribution in [0.15, 0.2) is 29.2 Å². The molecule has 1 heterocycles. The second kappa shape index (κ2) is 9.49. The minimum absolute atomic E-state index is 0.0431. The number of sulfonamides is 1. The normalized spacial score (nSPS) is 17.2. The molecule has 1 aliphatic rings. The number of halogens is 3. The smallest absolute Gasteiger partial charge is 0.376 e. The van der Waals surface area contributed by atoms with Crippen LogP contribution in [0.2, 0.25) is 0 Å². The first kappa shape index (κ1) is 22.3. The predicted molar refractivity (Wildman–Crippen MR) is 97.9 cm³/mol. The van der Waals surface area contributed by atoms with Crippen molar-refractivity contribution < 1.29 is 31.1 Å². The summed E-state index contributed by atoms with van der Waals surface area (Å²) in [6, 6.07) is 4.59. The number of thiocarbonyl (C=S) groups is 1. The maximum absolute atomic E-state index is 12.2. The summed E-state index contributed by atoms with van der Waals surface area (Å²) in [5.41, 5.74) is 4.66. The molecule has 1 unspecified atom stereocenters. The SMILES string of the molecule is O=C(NNC(=S)NCC1CCCO1)c1cccc(S(=O)(=O)NCC(F)(F)F)c1. The van der Waals surface area contributed by atoms with Gasteiger partial charge >= 0.3 is 6.18 Å². The van der Waals surface area contributed by atoms with E-state index in [0.29, 0.717) is 13.2 Å². The van der Waals surface area contributed by atoms with Crippen molar-refractivity contribution in [3.8, 4) is 0 Å². The second-order valence-electron chi connectivity index (χ2n) is 5.89. The third-order valence-electron chi connectivity index (χ3n) is 3.67. The molecule has 28 heavy (non-hydrogen) atoms. The number of carbonyl (C=O) groups is 1. The lowest BCUT2D eigenvalue weighted by Crippen LogP contribution is -2.48. The van der Waals surface area contributed by atoms with Gasteiger partial charge in [0.05, 0.1) is 11.0 Å². The van der Waals surface area contributed by atoms with Crippen LogP contribution in [0, 0.1) is 0 Å². The van der Waals surface area contributed by atoms with Gasteiger partial charge < -0.3 is 10.1 Å². The topological polar surface area (TPSA) is 109 Å². The Balaban J connectivity index is 1.89. The third kappa shape index (κ3) is 7.22. The molecule has 1 aromatic rings. The maximum atomic E-state index is 12.2. The van der Waals surface area contributed by atoms with E-state index in [1.807, 2.05) is 0 Å². The van der Waals surface area contributed by atoms with E-state index >= 15 is 0 Å². The monoisotopic (exact) mass is 440 g/mol. The molecule has 1 aliphatic heterocycles. The van der Waals surface area contributed by atoms with E-state index in [4.69, 9.17) is 17.0 Å². The molecule has 1 aromatic carbocycles. The van der Waals surface area contributed by atoms with Gasteiger partial charge in [-0.3, -0.25) is 15.6 Å². The summed E-state index contributed by atoms with van der Waals surface area (Å²) in [6.45, 7) is -0.543. The van der Waals surface area contributed by atoms with Crippen LogP contribution in [0.5, 0.6) is 0 Å². The van der Waals surface area contributed by atoms with Gasteiger partial charge in [0.1, 0.15) is 6.54 Å². The van der Waals surface area contributed by atoms with Gasteiger partial charge in [-0.05, 0) is 43.3 Å². The van der Waals surface area contributed by atoms with Gasteiger partial charge in [0.15, 0.2) is 5.11 Å². The summed E-state index contributed by atoms with van der Waals surface area (Å²) >= 11 is 5.01. The lowest BCUT2D eigenvalue weighted by molar-refractivity contribution is -0.121. The van der Waals surface area contributed by atoms with Gasteiger partial charge in [0, 0.05) is 18.7 Å². The molecule has 0 spiro atoms. The largest absolute Gasteiger partial charge is 0.402 e. The van der Waals surface area contributed by atoms with Crippen molar-refractivity contribution in [2.24, 2.45) is 0 Å². The van der Waals surface area contributed by atoms with Gasteiger partial charge in [-0.2, -0.15) is 13.2 Å². The number of carbonyl (C=O) groups excluding carboxylic acids is 1. The Bertz CT molecular complexity index is 812. The molecule has 1 fully saturated rings. The average molecular weight is 440 g/mol. The number of amides is 1. The highest BCUT2D eigenvalue weighted by Crippen LogP contribution is 2.16. The van der Waals surface area contributed by atoms with Crippen LogP contribution < -0.4 is 20.9 Å². The summed E-state index contributed by atoms with van der Waals surface area (Å²) in [7, 11) is -4.42. The number of benzene rings is 1. The van der Waals surface area contributed by atoms with Gasteiger partial charge in [0.2, 0.25) is 10.0 Å². The molecular formula is C15H19F3N4O4S2. The van der Waals surface area contributed by atoms with Crippen LogP contribution in [0.25, 0.3) is 0 Å². The first-order valence-electron chi connectivity index (χ1n) is 8.19. The van der Waals surface area contributed by atoms with E-state index < -0.39 is 33.5 Å². The lowest BCUT2D eigenvalue weighted by atomic mass is 10.2. The second-order valence-corrected chi connectivity index (χ2v) is 8.07. The molecule has 0 radical (unpaired) electrons. The van der Waals surface area contributed by atoms with Crippen molar-refractivity contribution in [1.29, 1.82) is 0 Å². The lowest BCUT2D eigenvalue weighted by Gasteiger charge is -2.15. The minimum atomic E-state index is -4.70. The zero-order chi connectivity index (χ0) is 20.8. The molecule has 0 aliphatic carbocycles. The summed E-state index contributed by atoms with van der Waals surface area (Å²) in [4.78, 5) is 11.7. The van der Waals surface area contributed by atoms with Crippen LogP contribution in [0.4, 0.5) is 13.2 Å². The molecule has 13 heteroatoms. The summed E-state index contributed by atoms with van der Waals surface area (Å²) < 4.78 is 67.4. The molecule has 0 bridgehead atoms. The minimum Gasteiger partial charge on any atom is -0.376 e. The van der Waals surface area contributed by atoms with Crippen LogP contribution in [-0.4, -0.2) is 51.4 Å². The average Bonchev–Trinajstić information content (AvgIpc) is 3.16. The highest BCUT2D eigenvalue weighted by Gasteiger charge is 2.30. The Labute approximate surface area is 165 Å². The standard InChI is InChI=1S/C15H19F3N4O4S2/c16-15(17,18)9-20-28(24,25)12-5-1-3-10(7-12)13(23)21-22-14(27)19-8-11-4-2-6-26-11/h1,3,5,7,11,20H,2,4,6,8-9H2,(H,21,23)(H2,19,22,27). The summed E-state index contributed by atoms with van der Waals surface area (Å²) in [5, 5.41) is 3.00. The molecule has 2 rings (SSSR count). The van der Waals surface area contributed by atoms with Gasteiger partial charge in [-0.25, -0.2) is 13.1 Å². The third-order valence-corrected chi connectivity index (χ3v) is 5.32. The zero-order valence-electron chi connectivity index (χ0n) is 14.5. The zero-order valence-corrected chi connectivity index (χ0v) is 16.1. The highest BCUT2D eigenvalue weighted by molar-refractivity contribution is 7.89. The van der Waals surface area contributed by atoms with Crippen molar-refractivity contribution in [3.63, 3.8) is 0 Å². The number of rotatable bonds is 6. The first-order chi connectivity index (χ1) is 13.1. The van der Waals surface area contributed by atoms with Crippen LogP contribution in [0.3, 0.4) is 0 Å². The Morgan fingerprint density at radius 2 is 2.04 bits per heavy atom. The van der Waals surface area contributed by atoms with E-state index in [1.165, 1.54) is 16.9 Å². The van der Waals surface area contributed by atoms with Crippen LogP contribution >= 0.6 is 12.2 Å². The Hall–Kier alpha value is -1.96. The molecule has 8 nitrogen and oxygen atoms in total. The van der Waals surface area contributed by atoms with Gasteiger partial charge in [-0.1, -0.05) is 6.07 Å². The van der Waals surface area contributed by atoms with Crippen molar-refractivity contribution in [1.82, 2.24) is 20.9 Å². The van der Waals surface area contributed by atoms with Crippen LogP contribution in [0.1, 0.15) is 23.2 Å². The van der Waals surface area contributed by atoms with E-state index in [0.717, 1.165) is 25.0 Å². The highest BCUT2D eigenvalue weighted by atomic mass is 32.2. The molecule has 0 saturated carbocycles. The van der Waals surface area contributed by atoms with E-state index in [2.05, 4.69) is 16.2 Å². The maximum Gasteiger partial charge on any atom is 0.402 e. The van der Waals surface area contributed by atoms with Crippen molar-refractivity contribution in [3.05, 3.63) is 29.8 Å². The van der Waals surface area contributed by atoms with Gasteiger partial charge in [0.25, 0.3) is 5.91 Å². The molecule has 0 aromatic heterocycles. The van der Waals surface area contributed by atoms with Crippen molar-refractivity contribution >= 4 is 33.3 Å². The molecule has 156 valence electrons. The quantitative estimate of drug-likeness (QED) is 0.383. The van der Waals surface area contributed by atoms with Crippen LogP contribution in [-0.2, 0) is 14.8 Å². The fourth-order valence-corrected chi connectivity index (χ4v) is 3.50. The Kier molecular flexibility index (Phi) is 7.57. The number of alkyl halides is 3. The fourth-order valence-electron chi connectivity index (χ4n) is 2.31. The number of ether oxygens (including phenoxy) is 1. The number of hydrogen-bond donors (Lipinski definition) is 4. The molecule has 1 atom stereocenters. The van der Waals surface area contributed by atoms with E-state index in [-0.39, 0.29) is 16.8 Å². The van der Waals surface area contributed by atoms with Gasteiger partial charge in [-0.15, -0.1) is 0 Å². The predicted octanol–water partition coefficient (Wildman–Crippen LogP) is 0.815. The summed E-state index contributed by atoms with van der Waals surface area (Å²) in [5.74, 6) is -0.714. The number of nitrogens with one attached hydrogen (secondary N) is 4. The van der Waals surface area contributed by atoms with E-state index in [1.54, 1.807) is 0 Å². The van der Waals surface area contributed by atoms with Crippen molar-refractivity contribution in [2.45, 2.75) is 30.0 Å². The van der Waals surface area contributed by atoms with Crippen molar-refractivity contribution in [2.75, 3.05) is 19.7 Å². The fraction of sp³-hybridized carbons (Fsp3) is 0.467. The Morgan fingerprint density at radius 1 is 1.29 bits per heavy atom. The number of hydrazine groups is 1. The number of hydrogen-bond acceptors (Lipinski definition) is 5. The Morgan fingerprint density at radius 3 is 2.68 bits per heavy atom. The summed E-state index contributed by atoms with van der Waals surface area (Å²) in [6.07, 6.45) is -2.77. The molecule has 4 N–H and O–H groups in total. The molecule has 1 amide bonds. The van der Waals surface area contributed by atoms with E-state index in [9.17, 15) is 26.4 Å². The molecule has 1 saturated heterocycles. The molecular weight excluding hydrogens is 421 g/mol.